The molecule has 0 fully saturated rings. The standard InChI is InChI=1S/C35H68NO8P/c1-3-5-7-9-11-13-15-16-18-19-21-23-25-27-34(37)41-31-33(32-43-45(39,40)42-30-29-36)44-35(38)28-26-24-22-20-17-14-12-10-8-6-4-2/h10,12,33H,3-9,11,13-32,36H2,1-2H3,(H,39,40)/b12-10-. The Morgan fingerprint density at radius 3 is 1.64 bits per heavy atom. The van der Waals surface area contributed by atoms with E-state index in [4.69, 9.17) is 24.3 Å². The first kappa shape index (κ1) is 43.8. The van der Waals surface area contributed by atoms with Gasteiger partial charge in [0.1, 0.15) is 6.61 Å². The van der Waals surface area contributed by atoms with Crippen LogP contribution in [0.15, 0.2) is 12.2 Å². The van der Waals surface area contributed by atoms with E-state index in [0.29, 0.717) is 6.42 Å². The third-order valence-corrected chi connectivity index (χ3v) is 8.64. The summed E-state index contributed by atoms with van der Waals surface area (Å²) in [5.41, 5.74) is 5.32. The average molecular weight is 662 g/mol. The summed E-state index contributed by atoms with van der Waals surface area (Å²) in [6.07, 6.45) is 29.5. The van der Waals surface area contributed by atoms with Gasteiger partial charge >= 0.3 is 19.8 Å². The number of esters is 2. The van der Waals surface area contributed by atoms with E-state index in [2.05, 4.69) is 26.0 Å². The van der Waals surface area contributed by atoms with Crippen molar-refractivity contribution < 1.29 is 37.6 Å². The number of rotatable bonds is 34. The predicted octanol–water partition coefficient (Wildman–Crippen LogP) is 9.49. The van der Waals surface area contributed by atoms with Gasteiger partial charge in [0.2, 0.25) is 0 Å². The van der Waals surface area contributed by atoms with Crippen molar-refractivity contribution in [3.8, 4) is 0 Å². The Morgan fingerprint density at radius 1 is 0.644 bits per heavy atom. The van der Waals surface area contributed by atoms with E-state index in [1.165, 1.54) is 77.0 Å². The van der Waals surface area contributed by atoms with Crippen LogP contribution in [0.1, 0.15) is 168 Å². The number of phosphoric acid groups is 1. The molecule has 45 heavy (non-hydrogen) atoms. The lowest BCUT2D eigenvalue weighted by atomic mass is 10.0. The van der Waals surface area contributed by atoms with Gasteiger partial charge in [-0.05, 0) is 32.1 Å². The van der Waals surface area contributed by atoms with Crippen molar-refractivity contribution >= 4 is 19.8 Å². The molecule has 0 saturated heterocycles. The van der Waals surface area contributed by atoms with Crippen molar-refractivity contribution in [3.63, 3.8) is 0 Å². The number of carbonyl (C=O) groups excluding carboxylic acids is 2. The number of ether oxygens (including phenoxy) is 2. The molecule has 0 rings (SSSR count). The molecule has 2 unspecified atom stereocenters. The fourth-order valence-corrected chi connectivity index (χ4v) is 5.67. The van der Waals surface area contributed by atoms with Gasteiger partial charge in [-0.2, -0.15) is 0 Å². The summed E-state index contributed by atoms with van der Waals surface area (Å²) in [7, 11) is -4.36. The van der Waals surface area contributed by atoms with Crippen molar-refractivity contribution in [3.05, 3.63) is 12.2 Å². The molecule has 9 nitrogen and oxygen atoms in total. The number of allylic oxidation sites excluding steroid dienone is 2. The summed E-state index contributed by atoms with van der Waals surface area (Å²) >= 11 is 0. The highest BCUT2D eigenvalue weighted by Crippen LogP contribution is 2.43. The van der Waals surface area contributed by atoms with Gasteiger partial charge in [-0.25, -0.2) is 4.57 Å². The highest BCUT2D eigenvalue weighted by Gasteiger charge is 2.25. The van der Waals surface area contributed by atoms with Gasteiger partial charge in [-0.1, -0.05) is 135 Å². The van der Waals surface area contributed by atoms with Crippen LogP contribution in [0.4, 0.5) is 0 Å². The molecule has 10 heteroatoms. The number of carbonyl (C=O) groups is 2. The van der Waals surface area contributed by atoms with Crippen LogP contribution in [0.3, 0.4) is 0 Å². The molecule has 3 N–H and O–H groups in total. The van der Waals surface area contributed by atoms with Crippen molar-refractivity contribution in [1.82, 2.24) is 0 Å². The molecule has 0 saturated carbocycles. The second-order valence-corrected chi connectivity index (χ2v) is 13.5. The second kappa shape index (κ2) is 32.7. The zero-order valence-electron chi connectivity index (χ0n) is 28.9. The normalized spacial score (nSPS) is 13.6. The van der Waals surface area contributed by atoms with Gasteiger partial charge in [0.15, 0.2) is 6.10 Å². The molecule has 0 spiro atoms. The lowest BCUT2D eigenvalue weighted by Gasteiger charge is -2.19. The minimum absolute atomic E-state index is 0.0544. The fraction of sp³-hybridized carbons (Fsp3) is 0.886. The Labute approximate surface area is 275 Å². The predicted molar refractivity (Wildman–Crippen MR) is 183 cm³/mol. The van der Waals surface area contributed by atoms with Gasteiger partial charge in [-0.3, -0.25) is 18.6 Å². The summed E-state index contributed by atoms with van der Waals surface area (Å²) in [6.45, 7) is 3.67. The largest absolute Gasteiger partial charge is 0.472 e. The highest BCUT2D eigenvalue weighted by molar-refractivity contribution is 7.47. The number of phosphoric ester groups is 1. The van der Waals surface area contributed by atoms with Crippen LogP contribution in [0, 0.1) is 0 Å². The first-order valence-electron chi connectivity index (χ1n) is 18.2. The SMILES string of the molecule is CCCC/C=C\CCCCCCCC(=O)OC(COC(=O)CCCCCCCCCCCCCCC)COP(=O)(O)OCCN. The molecule has 266 valence electrons. The van der Waals surface area contributed by atoms with E-state index in [9.17, 15) is 19.0 Å². The van der Waals surface area contributed by atoms with Gasteiger partial charge in [0.05, 0.1) is 13.2 Å². The Balaban J connectivity index is 4.24. The molecule has 0 radical (unpaired) electrons. The maximum Gasteiger partial charge on any atom is 0.472 e. The first-order chi connectivity index (χ1) is 21.8. The number of hydrogen-bond acceptors (Lipinski definition) is 8. The maximum absolute atomic E-state index is 12.5. The number of nitrogens with two attached hydrogens (primary N) is 1. The molecule has 0 aliphatic heterocycles. The van der Waals surface area contributed by atoms with Gasteiger partial charge in [0.25, 0.3) is 0 Å². The number of hydrogen-bond donors (Lipinski definition) is 2. The monoisotopic (exact) mass is 661 g/mol. The van der Waals surface area contributed by atoms with Crippen molar-refractivity contribution in [1.29, 1.82) is 0 Å². The molecule has 0 amide bonds. The Hall–Kier alpha value is -1.25. The van der Waals surface area contributed by atoms with Crippen LogP contribution in [0.5, 0.6) is 0 Å². The van der Waals surface area contributed by atoms with Gasteiger partial charge in [0, 0.05) is 19.4 Å². The quantitative estimate of drug-likeness (QED) is 0.0299. The molecule has 0 aliphatic carbocycles. The topological polar surface area (TPSA) is 134 Å². The lowest BCUT2D eigenvalue weighted by Crippen LogP contribution is -2.29. The summed E-state index contributed by atoms with van der Waals surface area (Å²) in [5.74, 6) is -0.837. The van der Waals surface area contributed by atoms with Crippen LogP contribution in [-0.4, -0.2) is 49.3 Å². The summed E-state index contributed by atoms with van der Waals surface area (Å²) in [5, 5.41) is 0. The smallest absolute Gasteiger partial charge is 0.462 e. The first-order valence-corrected chi connectivity index (χ1v) is 19.7. The Bertz CT molecular complexity index is 764. The zero-order chi connectivity index (χ0) is 33.3. The van der Waals surface area contributed by atoms with E-state index < -0.39 is 26.5 Å². The van der Waals surface area contributed by atoms with Crippen LogP contribution < -0.4 is 5.73 Å². The third kappa shape index (κ3) is 32.5. The van der Waals surface area contributed by atoms with Crippen LogP contribution in [0.25, 0.3) is 0 Å². The van der Waals surface area contributed by atoms with E-state index in [1.807, 2.05) is 0 Å². The Kier molecular flexibility index (Phi) is 31.8. The summed E-state index contributed by atoms with van der Waals surface area (Å²) in [4.78, 5) is 34.6. The molecule has 0 heterocycles. The molecular formula is C35H68NO8P. The van der Waals surface area contributed by atoms with Gasteiger partial charge < -0.3 is 20.1 Å². The van der Waals surface area contributed by atoms with Crippen molar-refractivity contribution in [2.75, 3.05) is 26.4 Å². The molecule has 2 atom stereocenters. The average Bonchev–Trinajstić information content (AvgIpc) is 3.02. The minimum Gasteiger partial charge on any atom is -0.462 e. The third-order valence-electron chi connectivity index (χ3n) is 7.65. The van der Waals surface area contributed by atoms with Crippen molar-refractivity contribution in [2.45, 2.75) is 174 Å². The molecular weight excluding hydrogens is 593 g/mol. The van der Waals surface area contributed by atoms with Crippen molar-refractivity contribution in [2.24, 2.45) is 5.73 Å². The summed E-state index contributed by atoms with van der Waals surface area (Å²) in [6, 6.07) is 0. The Morgan fingerprint density at radius 2 is 1.11 bits per heavy atom. The second-order valence-electron chi connectivity index (χ2n) is 12.1. The zero-order valence-corrected chi connectivity index (χ0v) is 29.8. The fourth-order valence-electron chi connectivity index (χ4n) is 4.91. The van der Waals surface area contributed by atoms with E-state index in [0.717, 1.165) is 57.8 Å². The van der Waals surface area contributed by atoms with Crippen LogP contribution >= 0.6 is 7.82 Å². The van der Waals surface area contributed by atoms with Crippen LogP contribution in [-0.2, 0) is 32.7 Å². The summed E-state index contributed by atoms with van der Waals surface area (Å²) < 4.78 is 32.6. The van der Waals surface area contributed by atoms with E-state index in [1.54, 1.807) is 0 Å². The molecule has 0 bridgehead atoms. The molecule has 0 aliphatic rings. The van der Waals surface area contributed by atoms with E-state index in [-0.39, 0.29) is 38.6 Å². The van der Waals surface area contributed by atoms with E-state index >= 15 is 0 Å². The minimum atomic E-state index is -4.36. The molecule has 0 aromatic heterocycles. The van der Waals surface area contributed by atoms with Gasteiger partial charge in [-0.15, -0.1) is 0 Å². The lowest BCUT2D eigenvalue weighted by molar-refractivity contribution is -0.161. The highest BCUT2D eigenvalue weighted by atomic mass is 31.2. The molecule has 0 aromatic rings. The maximum atomic E-state index is 12.5. The van der Waals surface area contributed by atoms with Crippen LogP contribution in [0.2, 0.25) is 0 Å². The number of unbranched alkanes of at least 4 members (excludes halogenated alkanes) is 19. The molecule has 0 aromatic carbocycles.